The molecule has 8 nitrogen and oxygen atoms in total. The molecule has 0 saturated carbocycles. The van der Waals surface area contributed by atoms with Gasteiger partial charge in [-0.3, -0.25) is 14.4 Å². The molecule has 2 aromatic carbocycles. The molecule has 1 saturated heterocycles. The van der Waals surface area contributed by atoms with Gasteiger partial charge in [0, 0.05) is 36.3 Å². The molecule has 1 aliphatic heterocycles. The van der Waals surface area contributed by atoms with E-state index in [4.69, 9.17) is 5.73 Å². The predicted octanol–water partition coefficient (Wildman–Crippen LogP) is 5.35. The van der Waals surface area contributed by atoms with E-state index in [0.717, 1.165) is 37.7 Å². The Morgan fingerprint density at radius 2 is 1.74 bits per heavy atom. The van der Waals surface area contributed by atoms with Crippen molar-refractivity contribution in [2.24, 2.45) is 11.7 Å². The van der Waals surface area contributed by atoms with Crippen molar-refractivity contribution in [2.45, 2.75) is 76.9 Å². The number of unbranched alkanes of at least 4 members (excludes halogenated alkanes) is 1. The average Bonchev–Trinajstić information content (AvgIpc) is 3.49. The first-order chi connectivity index (χ1) is 20.7. The zero-order valence-electron chi connectivity index (χ0n) is 25.0. The molecule has 4 N–H and O–H groups in total. The minimum absolute atomic E-state index is 0.141. The lowest BCUT2D eigenvalue weighted by atomic mass is 9.92. The van der Waals surface area contributed by atoms with Crippen LogP contribution in [0.15, 0.2) is 72.8 Å². The maximum absolute atomic E-state index is 13.5. The van der Waals surface area contributed by atoms with Gasteiger partial charge in [0.25, 0.3) is 11.8 Å². The van der Waals surface area contributed by atoms with Crippen molar-refractivity contribution in [2.75, 3.05) is 11.9 Å². The number of nitrogens with two attached hydrogens (primary N) is 1. The van der Waals surface area contributed by atoms with Crippen molar-refractivity contribution in [1.82, 2.24) is 15.2 Å². The van der Waals surface area contributed by atoms with Gasteiger partial charge < -0.3 is 21.3 Å². The number of anilines is 1. The number of nitrogens with one attached hydrogen (secondary N) is 2. The number of nitrogens with zero attached hydrogens (tertiary/aromatic N) is 2. The molecule has 228 valence electrons. The highest BCUT2D eigenvalue weighted by atomic mass is 19.1. The van der Waals surface area contributed by atoms with Gasteiger partial charge in [0.2, 0.25) is 5.91 Å². The van der Waals surface area contributed by atoms with E-state index in [1.165, 1.54) is 24.3 Å². The van der Waals surface area contributed by atoms with Gasteiger partial charge in [0.15, 0.2) is 0 Å². The highest BCUT2D eigenvalue weighted by Gasteiger charge is 2.30. The van der Waals surface area contributed by atoms with Crippen molar-refractivity contribution < 1.29 is 18.8 Å². The molecule has 1 aromatic heterocycles. The smallest absolute Gasteiger partial charge is 0.272 e. The van der Waals surface area contributed by atoms with E-state index in [9.17, 15) is 18.8 Å². The molecule has 0 spiro atoms. The first kappa shape index (κ1) is 31.8. The van der Waals surface area contributed by atoms with Crippen LogP contribution < -0.4 is 16.4 Å². The lowest BCUT2D eigenvalue weighted by molar-refractivity contribution is -0.119. The van der Waals surface area contributed by atoms with E-state index >= 15 is 0 Å². The first-order valence-electron chi connectivity index (χ1n) is 15.2. The number of carbonyl (C=O) groups is 3. The predicted molar refractivity (Wildman–Crippen MR) is 166 cm³/mol. The van der Waals surface area contributed by atoms with Gasteiger partial charge in [0.1, 0.15) is 17.2 Å². The van der Waals surface area contributed by atoms with Crippen LogP contribution in [0.25, 0.3) is 0 Å². The zero-order valence-corrected chi connectivity index (χ0v) is 25.0. The summed E-state index contributed by atoms with van der Waals surface area (Å²) in [6.07, 6.45) is 5.83. The highest BCUT2D eigenvalue weighted by Crippen LogP contribution is 2.24. The van der Waals surface area contributed by atoms with Gasteiger partial charge in [-0.05, 0) is 74.1 Å². The van der Waals surface area contributed by atoms with E-state index in [2.05, 4.69) is 22.5 Å². The fourth-order valence-electron chi connectivity index (χ4n) is 5.57. The molecule has 3 aromatic rings. The third kappa shape index (κ3) is 8.94. The number of halogens is 1. The van der Waals surface area contributed by atoms with Gasteiger partial charge in [-0.2, -0.15) is 0 Å². The number of hydrogen-bond acceptors (Lipinski definition) is 5. The summed E-state index contributed by atoms with van der Waals surface area (Å²) in [5, 5.41) is 5.82. The molecular weight excluding hydrogens is 545 g/mol. The maximum Gasteiger partial charge on any atom is 0.272 e. The van der Waals surface area contributed by atoms with Gasteiger partial charge in [-0.15, -0.1) is 0 Å². The van der Waals surface area contributed by atoms with E-state index in [-0.39, 0.29) is 35.1 Å². The molecule has 0 radical (unpaired) electrons. The Labute approximate surface area is 253 Å². The van der Waals surface area contributed by atoms with Crippen molar-refractivity contribution in [3.8, 4) is 0 Å². The summed E-state index contributed by atoms with van der Waals surface area (Å²) in [6.45, 7) is 4.61. The Balaban J connectivity index is 1.45. The van der Waals surface area contributed by atoms with Gasteiger partial charge in [-0.25, -0.2) is 9.37 Å². The summed E-state index contributed by atoms with van der Waals surface area (Å²) >= 11 is 0. The van der Waals surface area contributed by atoms with Gasteiger partial charge in [0.05, 0.1) is 0 Å². The second-order valence-corrected chi connectivity index (χ2v) is 11.4. The molecule has 0 aliphatic carbocycles. The number of carbonyl (C=O) groups excluding carboxylic acids is 3. The van der Waals surface area contributed by atoms with Crippen molar-refractivity contribution in [3.63, 3.8) is 0 Å². The molecule has 2 heterocycles. The van der Waals surface area contributed by atoms with Crippen LogP contribution in [0.2, 0.25) is 0 Å². The van der Waals surface area contributed by atoms with Crippen LogP contribution >= 0.6 is 0 Å². The topological polar surface area (TPSA) is 117 Å². The minimum atomic E-state index is -0.563. The first-order valence-corrected chi connectivity index (χ1v) is 15.2. The van der Waals surface area contributed by atoms with Crippen LogP contribution in [0.1, 0.15) is 78.9 Å². The molecule has 1 fully saturated rings. The van der Waals surface area contributed by atoms with E-state index in [0.29, 0.717) is 25.1 Å². The highest BCUT2D eigenvalue weighted by molar-refractivity contribution is 5.96. The Morgan fingerprint density at radius 3 is 2.47 bits per heavy atom. The Morgan fingerprint density at radius 1 is 1.02 bits per heavy atom. The Hall–Kier alpha value is -4.11. The third-order valence-corrected chi connectivity index (χ3v) is 8.05. The molecule has 0 bridgehead atoms. The summed E-state index contributed by atoms with van der Waals surface area (Å²) in [6, 6.07) is 19.3. The third-order valence-electron chi connectivity index (χ3n) is 8.05. The monoisotopic (exact) mass is 587 g/mol. The number of likely N-dealkylation sites (tertiary alicyclic amines) is 1. The fraction of sp³-hybridized carbons (Fsp3) is 0.412. The number of benzene rings is 2. The largest absolute Gasteiger partial charge is 0.346 e. The molecule has 0 unspecified atom stereocenters. The number of pyridine rings is 1. The van der Waals surface area contributed by atoms with Gasteiger partial charge >= 0.3 is 0 Å². The van der Waals surface area contributed by atoms with Crippen molar-refractivity contribution in [1.29, 1.82) is 0 Å². The summed E-state index contributed by atoms with van der Waals surface area (Å²) < 4.78 is 13.3. The molecular formula is C34H42FN5O3. The SMILES string of the molecule is CCCC[C@H]1CCCN1C(=O)c1cccc(C(=O)N[C@@H](Cc2ccccc2)[C@@H](N)C[C@@H](C)C(=O)Nc2ccc(F)cc2)n1. The van der Waals surface area contributed by atoms with Crippen LogP contribution in [-0.4, -0.2) is 52.3 Å². The van der Waals surface area contributed by atoms with Crippen LogP contribution in [-0.2, 0) is 11.2 Å². The quantitative estimate of drug-likeness (QED) is 0.249. The van der Waals surface area contributed by atoms with Crippen LogP contribution in [0.5, 0.6) is 0 Å². The number of amides is 3. The molecule has 3 amide bonds. The molecule has 4 atom stereocenters. The van der Waals surface area contributed by atoms with E-state index < -0.39 is 23.9 Å². The van der Waals surface area contributed by atoms with E-state index in [1.807, 2.05) is 35.2 Å². The number of hydrogen-bond donors (Lipinski definition) is 3. The van der Waals surface area contributed by atoms with Crippen LogP contribution in [0.4, 0.5) is 10.1 Å². The van der Waals surface area contributed by atoms with Crippen LogP contribution in [0, 0.1) is 11.7 Å². The standard InChI is InChI=1S/C34H42FN5O3/c1-3-4-12-27-13-9-20-40(27)34(43)30-15-8-14-29(38-30)33(42)39-31(22-24-10-6-5-7-11-24)28(36)21-23(2)32(41)37-26-18-16-25(35)17-19-26/h5-8,10-11,14-19,23,27-28,31H,3-4,9,12-13,20-22,36H2,1-2H3,(H,37,41)(H,39,42)/t23-,27+,28+,31+/m1/s1. The lowest BCUT2D eigenvalue weighted by Crippen LogP contribution is -2.50. The molecule has 4 rings (SSSR count). The zero-order chi connectivity index (χ0) is 30.8. The fourth-order valence-corrected chi connectivity index (χ4v) is 5.57. The Kier molecular flexibility index (Phi) is 11.4. The molecule has 43 heavy (non-hydrogen) atoms. The summed E-state index contributed by atoms with van der Waals surface area (Å²) in [4.78, 5) is 46.0. The second-order valence-electron chi connectivity index (χ2n) is 11.4. The van der Waals surface area contributed by atoms with Crippen molar-refractivity contribution >= 4 is 23.4 Å². The minimum Gasteiger partial charge on any atom is -0.346 e. The normalized spacial score (nSPS) is 16.7. The van der Waals surface area contributed by atoms with Gasteiger partial charge in [-0.1, -0.05) is 63.1 Å². The average molecular weight is 588 g/mol. The summed E-state index contributed by atoms with van der Waals surface area (Å²) in [5.74, 6) is -1.69. The number of rotatable bonds is 13. The lowest BCUT2D eigenvalue weighted by Gasteiger charge is -2.27. The molecule has 1 aliphatic rings. The summed E-state index contributed by atoms with van der Waals surface area (Å²) in [5.41, 5.74) is 8.51. The number of aromatic nitrogens is 1. The van der Waals surface area contributed by atoms with Crippen LogP contribution in [0.3, 0.4) is 0 Å². The Bertz CT molecular complexity index is 1370. The summed E-state index contributed by atoms with van der Waals surface area (Å²) in [7, 11) is 0. The molecule has 9 heteroatoms. The maximum atomic E-state index is 13.5. The second kappa shape index (κ2) is 15.4. The van der Waals surface area contributed by atoms with E-state index in [1.54, 1.807) is 25.1 Å². The van der Waals surface area contributed by atoms with Crippen molar-refractivity contribution in [3.05, 3.63) is 95.6 Å².